The van der Waals surface area contributed by atoms with Gasteiger partial charge < -0.3 is 15.7 Å². The number of nitrogens with zero attached hydrogens (tertiary/aromatic N) is 1. The maximum atomic E-state index is 9.42. The minimum Gasteiger partial charge on any atom is -0.508 e. The predicted octanol–water partition coefficient (Wildman–Crippen LogP) is 2.41. The molecule has 0 aliphatic carbocycles. The Kier molecular flexibility index (Phi) is 3.34. The maximum Gasteiger partial charge on any atom is 0.183 e. The number of nitrogens with one attached hydrogen (secondary N) is 2. The monoisotopic (exact) mass is 263 g/mol. The predicted molar refractivity (Wildman–Crippen MR) is 75.4 cm³/mol. The van der Waals surface area contributed by atoms with Crippen molar-refractivity contribution >= 4 is 26.7 Å². The van der Waals surface area contributed by atoms with E-state index in [1.54, 1.807) is 23.5 Å². The minimum atomic E-state index is 0.302. The van der Waals surface area contributed by atoms with Gasteiger partial charge in [-0.25, -0.2) is 4.98 Å². The lowest BCUT2D eigenvalue weighted by atomic mass is 9.98. The highest BCUT2D eigenvalue weighted by molar-refractivity contribution is 7.22. The van der Waals surface area contributed by atoms with Crippen LogP contribution in [0.4, 0.5) is 5.13 Å². The molecule has 0 bridgehead atoms. The van der Waals surface area contributed by atoms with Gasteiger partial charge in [-0.2, -0.15) is 0 Å². The number of thiazole rings is 1. The Morgan fingerprint density at radius 2 is 2.22 bits per heavy atom. The van der Waals surface area contributed by atoms with Crippen molar-refractivity contribution in [1.29, 1.82) is 0 Å². The van der Waals surface area contributed by atoms with Gasteiger partial charge in [0.05, 0.1) is 10.2 Å². The summed E-state index contributed by atoms with van der Waals surface area (Å²) in [5.74, 6) is 1.04. The number of aromatic hydroxyl groups is 1. The molecule has 0 unspecified atom stereocenters. The molecule has 0 atom stereocenters. The van der Waals surface area contributed by atoms with E-state index in [4.69, 9.17) is 0 Å². The second-order valence-electron chi connectivity index (χ2n) is 4.75. The van der Waals surface area contributed by atoms with Gasteiger partial charge in [-0.1, -0.05) is 11.3 Å². The van der Waals surface area contributed by atoms with Crippen molar-refractivity contribution < 1.29 is 5.11 Å². The van der Waals surface area contributed by atoms with Gasteiger partial charge in [0.25, 0.3) is 0 Å². The first kappa shape index (κ1) is 11.7. The minimum absolute atomic E-state index is 0.302. The molecule has 3 N–H and O–H groups in total. The second kappa shape index (κ2) is 5.12. The zero-order valence-electron chi connectivity index (χ0n) is 10.1. The third-order valence-corrected chi connectivity index (χ3v) is 4.35. The first-order valence-corrected chi connectivity index (χ1v) is 7.17. The van der Waals surface area contributed by atoms with E-state index >= 15 is 0 Å². The number of phenols is 1. The summed E-state index contributed by atoms with van der Waals surface area (Å²) in [6, 6.07) is 5.30. The lowest BCUT2D eigenvalue weighted by Gasteiger charge is -2.22. The molecular formula is C13H17N3OS. The van der Waals surface area contributed by atoms with Gasteiger partial charge in [-0.05, 0) is 50.0 Å². The molecule has 18 heavy (non-hydrogen) atoms. The van der Waals surface area contributed by atoms with Crippen molar-refractivity contribution in [3.05, 3.63) is 18.2 Å². The zero-order chi connectivity index (χ0) is 12.4. The van der Waals surface area contributed by atoms with Crippen LogP contribution in [0.2, 0.25) is 0 Å². The van der Waals surface area contributed by atoms with Gasteiger partial charge in [-0.3, -0.25) is 0 Å². The lowest BCUT2D eigenvalue weighted by molar-refractivity contribution is 0.390. The van der Waals surface area contributed by atoms with Crippen LogP contribution >= 0.6 is 11.3 Å². The van der Waals surface area contributed by atoms with Crippen LogP contribution in [-0.4, -0.2) is 29.7 Å². The standard InChI is InChI=1S/C13H17N3OS/c17-10-1-2-11-12(7-10)18-13(16-11)15-8-9-3-5-14-6-4-9/h1-2,7,9,14,17H,3-6,8H2,(H,15,16). The Morgan fingerprint density at radius 3 is 3.06 bits per heavy atom. The zero-order valence-corrected chi connectivity index (χ0v) is 11.0. The summed E-state index contributed by atoms with van der Waals surface area (Å²) in [6.07, 6.45) is 2.47. The Hall–Kier alpha value is -1.33. The number of anilines is 1. The van der Waals surface area contributed by atoms with E-state index in [0.29, 0.717) is 5.75 Å². The number of piperidine rings is 1. The smallest absolute Gasteiger partial charge is 0.183 e. The van der Waals surface area contributed by atoms with Gasteiger partial charge in [0.15, 0.2) is 5.13 Å². The van der Waals surface area contributed by atoms with Crippen molar-refractivity contribution in [2.75, 3.05) is 25.0 Å². The molecule has 5 heteroatoms. The fraction of sp³-hybridized carbons (Fsp3) is 0.462. The van der Waals surface area contributed by atoms with Crippen LogP contribution in [0.3, 0.4) is 0 Å². The molecule has 0 amide bonds. The highest BCUT2D eigenvalue weighted by Crippen LogP contribution is 2.29. The number of fused-ring (bicyclic) bond motifs is 1. The number of hydrogen-bond donors (Lipinski definition) is 3. The molecule has 0 saturated carbocycles. The molecule has 96 valence electrons. The third-order valence-electron chi connectivity index (χ3n) is 3.37. The highest BCUT2D eigenvalue weighted by Gasteiger charge is 2.13. The Morgan fingerprint density at radius 1 is 1.39 bits per heavy atom. The van der Waals surface area contributed by atoms with Gasteiger partial charge in [0.1, 0.15) is 5.75 Å². The molecule has 1 aliphatic rings. The highest BCUT2D eigenvalue weighted by atomic mass is 32.1. The van der Waals surface area contributed by atoms with E-state index < -0.39 is 0 Å². The van der Waals surface area contributed by atoms with Crippen molar-refractivity contribution in [3.63, 3.8) is 0 Å². The SMILES string of the molecule is Oc1ccc2nc(NCC3CCNCC3)sc2c1. The molecule has 1 fully saturated rings. The molecular weight excluding hydrogens is 246 g/mol. The largest absolute Gasteiger partial charge is 0.508 e. The fourth-order valence-corrected chi connectivity index (χ4v) is 3.21. The molecule has 1 aromatic heterocycles. The Labute approximate surface area is 110 Å². The Balaban J connectivity index is 1.67. The van der Waals surface area contributed by atoms with Crippen LogP contribution in [0.1, 0.15) is 12.8 Å². The lowest BCUT2D eigenvalue weighted by Crippen LogP contribution is -2.31. The van der Waals surface area contributed by atoms with E-state index in [-0.39, 0.29) is 0 Å². The van der Waals surface area contributed by atoms with Gasteiger partial charge in [0, 0.05) is 6.54 Å². The molecule has 4 nitrogen and oxygen atoms in total. The van der Waals surface area contributed by atoms with Crippen LogP contribution < -0.4 is 10.6 Å². The quantitative estimate of drug-likeness (QED) is 0.796. The van der Waals surface area contributed by atoms with Crippen molar-refractivity contribution in [2.24, 2.45) is 5.92 Å². The average molecular weight is 263 g/mol. The summed E-state index contributed by atoms with van der Waals surface area (Å²) in [4.78, 5) is 4.52. The van der Waals surface area contributed by atoms with Crippen LogP contribution in [-0.2, 0) is 0 Å². The maximum absolute atomic E-state index is 9.42. The number of phenolic OH excluding ortho intramolecular Hbond substituents is 1. The topological polar surface area (TPSA) is 57.2 Å². The molecule has 0 radical (unpaired) electrons. The summed E-state index contributed by atoms with van der Waals surface area (Å²) in [5.41, 5.74) is 0.950. The van der Waals surface area contributed by atoms with Crippen molar-refractivity contribution in [1.82, 2.24) is 10.3 Å². The Bertz CT molecular complexity index is 534. The molecule has 2 heterocycles. The van der Waals surface area contributed by atoms with Gasteiger partial charge in [-0.15, -0.1) is 0 Å². The fourth-order valence-electron chi connectivity index (χ4n) is 2.31. The normalized spacial score (nSPS) is 17.1. The summed E-state index contributed by atoms with van der Waals surface area (Å²) in [5, 5.41) is 17.2. The van der Waals surface area contributed by atoms with Gasteiger partial charge in [0.2, 0.25) is 0 Å². The number of benzene rings is 1. The van der Waals surface area contributed by atoms with E-state index in [9.17, 15) is 5.11 Å². The van der Waals surface area contributed by atoms with E-state index in [0.717, 1.165) is 40.9 Å². The van der Waals surface area contributed by atoms with Crippen LogP contribution in [0.5, 0.6) is 5.75 Å². The molecule has 2 aromatic rings. The van der Waals surface area contributed by atoms with E-state index in [2.05, 4.69) is 15.6 Å². The molecule has 1 saturated heterocycles. The molecule has 0 spiro atoms. The van der Waals surface area contributed by atoms with Crippen LogP contribution in [0.25, 0.3) is 10.2 Å². The first-order valence-electron chi connectivity index (χ1n) is 6.35. The summed E-state index contributed by atoms with van der Waals surface area (Å²) >= 11 is 1.60. The third kappa shape index (κ3) is 2.57. The van der Waals surface area contributed by atoms with Crippen LogP contribution in [0.15, 0.2) is 18.2 Å². The van der Waals surface area contributed by atoms with E-state index in [1.165, 1.54) is 12.8 Å². The number of aromatic nitrogens is 1. The van der Waals surface area contributed by atoms with E-state index in [1.807, 2.05) is 6.07 Å². The second-order valence-corrected chi connectivity index (χ2v) is 5.78. The summed E-state index contributed by atoms with van der Waals surface area (Å²) in [6.45, 7) is 3.24. The summed E-state index contributed by atoms with van der Waals surface area (Å²) in [7, 11) is 0. The molecule has 1 aliphatic heterocycles. The molecule has 3 rings (SSSR count). The van der Waals surface area contributed by atoms with Crippen molar-refractivity contribution in [2.45, 2.75) is 12.8 Å². The average Bonchev–Trinajstić information content (AvgIpc) is 2.79. The number of hydrogen-bond acceptors (Lipinski definition) is 5. The van der Waals surface area contributed by atoms with Gasteiger partial charge >= 0.3 is 0 Å². The number of rotatable bonds is 3. The first-order chi connectivity index (χ1) is 8.81. The van der Waals surface area contributed by atoms with Crippen LogP contribution in [0, 0.1) is 5.92 Å². The summed E-state index contributed by atoms with van der Waals surface area (Å²) < 4.78 is 1.03. The van der Waals surface area contributed by atoms with Crippen molar-refractivity contribution in [3.8, 4) is 5.75 Å². The molecule has 1 aromatic carbocycles.